The lowest BCUT2D eigenvalue weighted by molar-refractivity contribution is -0.150. The SMILES string of the molecule is CCCCCNC(=O)N/N=C/c1c[nH]c2ccc(C(CC(=O)C(=O)O)C(=O)O)cc12. The highest BCUT2D eigenvalue weighted by Gasteiger charge is 2.26. The predicted molar refractivity (Wildman–Crippen MR) is 110 cm³/mol. The van der Waals surface area contributed by atoms with E-state index in [-0.39, 0.29) is 0 Å². The second-order valence-corrected chi connectivity index (χ2v) is 6.71. The molecule has 10 heteroatoms. The Bertz CT molecular complexity index is 965. The molecule has 160 valence electrons. The number of ketones is 1. The van der Waals surface area contributed by atoms with Crippen molar-refractivity contribution in [3.8, 4) is 0 Å². The summed E-state index contributed by atoms with van der Waals surface area (Å²) in [7, 11) is 0. The van der Waals surface area contributed by atoms with Crippen LogP contribution >= 0.6 is 0 Å². The summed E-state index contributed by atoms with van der Waals surface area (Å²) in [5.41, 5.74) is 3.93. The van der Waals surface area contributed by atoms with E-state index in [1.807, 2.05) is 0 Å². The van der Waals surface area contributed by atoms with Gasteiger partial charge in [0.15, 0.2) is 0 Å². The van der Waals surface area contributed by atoms with Crippen LogP contribution in [0.3, 0.4) is 0 Å². The first-order valence-electron chi connectivity index (χ1n) is 9.50. The molecule has 1 aromatic carbocycles. The molecule has 0 saturated carbocycles. The Morgan fingerprint density at radius 2 is 1.97 bits per heavy atom. The van der Waals surface area contributed by atoms with Crippen LogP contribution in [0, 0.1) is 0 Å². The van der Waals surface area contributed by atoms with Crippen LogP contribution in [0.25, 0.3) is 10.9 Å². The number of unbranched alkanes of at least 4 members (excludes halogenated alkanes) is 2. The minimum absolute atomic E-state index is 0.292. The van der Waals surface area contributed by atoms with Gasteiger partial charge in [-0.2, -0.15) is 5.10 Å². The summed E-state index contributed by atoms with van der Waals surface area (Å²) in [5, 5.41) is 25.4. The summed E-state index contributed by atoms with van der Waals surface area (Å²) in [6.45, 7) is 2.62. The van der Waals surface area contributed by atoms with Gasteiger partial charge in [-0.15, -0.1) is 0 Å². The fourth-order valence-corrected chi connectivity index (χ4v) is 2.88. The number of carbonyl (C=O) groups excluding carboxylic acids is 2. The zero-order valence-electron chi connectivity index (χ0n) is 16.5. The third-order valence-electron chi connectivity index (χ3n) is 4.50. The molecule has 1 heterocycles. The van der Waals surface area contributed by atoms with Crippen molar-refractivity contribution in [3.05, 3.63) is 35.5 Å². The summed E-state index contributed by atoms with van der Waals surface area (Å²) >= 11 is 0. The molecule has 2 amide bonds. The number of carboxylic acids is 2. The Labute approximate surface area is 172 Å². The highest BCUT2D eigenvalue weighted by atomic mass is 16.4. The van der Waals surface area contributed by atoms with Crippen molar-refractivity contribution in [2.24, 2.45) is 5.10 Å². The molecule has 2 aromatic rings. The van der Waals surface area contributed by atoms with Gasteiger partial charge in [-0.25, -0.2) is 15.0 Å². The van der Waals surface area contributed by atoms with Gasteiger partial charge in [-0.1, -0.05) is 25.8 Å². The number of H-pyrrole nitrogens is 1. The van der Waals surface area contributed by atoms with Crippen LogP contribution in [0.1, 0.15) is 49.7 Å². The van der Waals surface area contributed by atoms with E-state index in [0.717, 1.165) is 19.3 Å². The highest BCUT2D eigenvalue weighted by Crippen LogP contribution is 2.26. The van der Waals surface area contributed by atoms with E-state index in [4.69, 9.17) is 5.11 Å². The van der Waals surface area contributed by atoms with E-state index in [2.05, 4.69) is 27.8 Å². The number of carboxylic acid groups (broad SMARTS) is 2. The summed E-state index contributed by atoms with van der Waals surface area (Å²) < 4.78 is 0. The third-order valence-corrected chi connectivity index (χ3v) is 4.50. The largest absolute Gasteiger partial charge is 0.481 e. The molecule has 2 rings (SSSR count). The average molecular weight is 416 g/mol. The molecule has 30 heavy (non-hydrogen) atoms. The quantitative estimate of drug-likeness (QED) is 0.163. The maximum absolute atomic E-state index is 11.7. The van der Waals surface area contributed by atoms with E-state index >= 15 is 0 Å². The molecule has 0 bridgehead atoms. The van der Waals surface area contributed by atoms with Crippen LogP contribution in [0.2, 0.25) is 0 Å². The molecule has 1 aromatic heterocycles. The van der Waals surface area contributed by atoms with Crippen molar-refractivity contribution in [1.82, 2.24) is 15.7 Å². The molecule has 1 unspecified atom stereocenters. The number of aromatic amines is 1. The number of hydrazone groups is 1. The van der Waals surface area contributed by atoms with Crippen molar-refractivity contribution in [3.63, 3.8) is 0 Å². The Kier molecular flexibility index (Phi) is 8.09. The van der Waals surface area contributed by atoms with Gasteiger partial charge in [0.05, 0.1) is 12.1 Å². The second kappa shape index (κ2) is 10.7. The number of fused-ring (bicyclic) bond motifs is 1. The van der Waals surface area contributed by atoms with Gasteiger partial charge in [0.2, 0.25) is 5.78 Å². The van der Waals surface area contributed by atoms with Crippen LogP contribution in [0.15, 0.2) is 29.5 Å². The van der Waals surface area contributed by atoms with Crippen LogP contribution in [-0.2, 0) is 14.4 Å². The van der Waals surface area contributed by atoms with Gasteiger partial charge < -0.3 is 20.5 Å². The number of benzene rings is 1. The van der Waals surface area contributed by atoms with Crippen molar-refractivity contribution < 1.29 is 29.4 Å². The van der Waals surface area contributed by atoms with Gasteiger partial charge in [0, 0.05) is 35.6 Å². The zero-order chi connectivity index (χ0) is 22.1. The topological polar surface area (TPSA) is 161 Å². The van der Waals surface area contributed by atoms with Crippen molar-refractivity contribution >= 4 is 40.9 Å². The van der Waals surface area contributed by atoms with Crippen molar-refractivity contribution in [2.75, 3.05) is 6.54 Å². The van der Waals surface area contributed by atoms with E-state index in [1.165, 1.54) is 12.3 Å². The fourth-order valence-electron chi connectivity index (χ4n) is 2.88. The lowest BCUT2D eigenvalue weighted by atomic mass is 9.92. The Balaban J connectivity index is 2.13. The number of rotatable bonds is 11. The molecule has 0 aliphatic rings. The molecule has 1 atom stereocenters. The smallest absolute Gasteiger partial charge is 0.372 e. The number of hydrogen-bond acceptors (Lipinski definition) is 5. The number of urea groups is 1. The van der Waals surface area contributed by atoms with Crippen molar-refractivity contribution in [2.45, 2.75) is 38.5 Å². The molecule has 0 saturated heterocycles. The van der Waals surface area contributed by atoms with Crippen LogP contribution in [-0.4, -0.2) is 51.7 Å². The molecule has 0 spiro atoms. The van der Waals surface area contributed by atoms with E-state index in [9.17, 15) is 24.3 Å². The number of nitrogens with one attached hydrogen (secondary N) is 3. The lowest BCUT2D eigenvalue weighted by Gasteiger charge is -2.11. The number of Topliss-reactive ketones (excluding diaryl/α,β-unsaturated/α-hetero) is 1. The maximum atomic E-state index is 11.7. The highest BCUT2D eigenvalue weighted by molar-refractivity contribution is 6.33. The number of amides is 2. The van der Waals surface area contributed by atoms with E-state index < -0.39 is 36.1 Å². The first kappa shape index (κ1) is 22.6. The summed E-state index contributed by atoms with van der Waals surface area (Å²) in [4.78, 5) is 48.5. The molecule has 0 radical (unpaired) electrons. The number of aliphatic carboxylic acids is 2. The minimum Gasteiger partial charge on any atom is -0.481 e. The third kappa shape index (κ3) is 6.16. The molecule has 10 nitrogen and oxygen atoms in total. The lowest BCUT2D eigenvalue weighted by Crippen LogP contribution is -2.32. The Morgan fingerprint density at radius 1 is 1.20 bits per heavy atom. The second-order valence-electron chi connectivity index (χ2n) is 6.71. The Hall–Kier alpha value is -3.69. The van der Waals surface area contributed by atoms with Gasteiger partial charge in [-0.05, 0) is 24.1 Å². The van der Waals surface area contributed by atoms with Gasteiger partial charge >= 0.3 is 18.0 Å². The van der Waals surface area contributed by atoms with Gasteiger partial charge in [0.25, 0.3) is 0 Å². The molecule has 0 aliphatic carbocycles. The molecule has 0 fully saturated rings. The molecule has 0 aliphatic heterocycles. The summed E-state index contributed by atoms with van der Waals surface area (Å²) in [6.07, 6.45) is 5.36. The first-order chi connectivity index (χ1) is 14.3. The van der Waals surface area contributed by atoms with Gasteiger partial charge in [-0.3, -0.25) is 9.59 Å². The fraction of sp³-hybridized carbons (Fsp3) is 0.350. The monoisotopic (exact) mass is 416 g/mol. The maximum Gasteiger partial charge on any atom is 0.372 e. The van der Waals surface area contributed by atoms with Crippen molar-refractivity contribution in [1.29, 1.82) is 0 Å². The first-order valence-corrected chi connectivity index (χ1v) is 9.50. The number of nitrogens with zero attached hydrogens (tertiary/aromatic N) is 1. The van der Waals surface area contributed by atoms with Crippen LogP contribution in [0.4, 0.5) is 4.79 Å². The van der Waals surface area contributed by atoms with E-state index in [1.54, 1.807) is 18.3 Å². The van der Waals surface area contributed by atoms with Crippen LogP contribution < -0.4 is 10.7 Å². The molecule has 5 N–H and O–H groups in total. The number of carbonyl (C=O) groups is 4. The van der Waals surface area contributed by atoms with Crippen LogP contribution in [0.5, 0.6) is 0 Å². The number of hydrogen-bond donors (Lipinski definition) is 5. The van der Waals surface area contributed by atoms with Gasteiger partial charge in [0.1, 0.15) is 0 Å². The predicted octanol–water partition coefficient (Wildman–Crippen LogP) is 2.20. The summed E-state index contributed by atoms with van der Waals surface area (Å²) in [6, 6.07) is 4.29. The average Bonchev–Trinajstić information content (AvgIpc) is 3.11. The molecular formula is C20H24N4O6. The molecular weight excluding hydrogens is 392 g/mol. The minimum atomic E-state index is -1.67. The normalized spacial score (nSPS) is 12.0. The van der Waals surface area contributed by atoms with E-state index in [0.29, 0.717) is 28.6 Å². The summed E-state index contributed by atoms with van der Waals surface area (Å²) in [5.74, 6) is -5.43. The zero-order valence-corrected chi connectivity index (χ0v) is 16.5. The standard InChI is InChI=1S/C20H24N4O6/c1-2-3-4-7-21-20(30)24-23-11-13-10-22-16-6-5-12(8-14(13)16)15(18(26)27)9-17(25)19(28)29/h5-6,8,10-11,15,22H,2-4,7,9H2,1H3,(H,26,27)(H,28,29)(H2,21,24,30)/b23-11+. The Morgan fingerprint density at radius 3 is 2.63 bits per heavy atom. The number of aromatic nitrogens is 1.